The summed E-state index contributed by atoms with van der Waals surface area (Å²) in [6.45, 7) is 6.19. The van der Waals surface area contributed by atoms with Crippen molar-refractivity contribution < 1.29 is 29.0 Å². The van der Waals surface area contributed by atoms with Crippen LogP contribution in [-0.4, -0.2) is 84.5 Å². The highest BCUT2D eigenvalue weighted by atomic mass is 35.5. The van der Waals surface area contributed by atoms with Crippen molar-refractivity contribution in [3.8, 4) is 0 Å². The molecule has 0 radical (unpaired) electrons. The Morgan fingerprint density at radius 3 is 2.33 bits per heavy atom. The van der Waals surface area contributed by atoms with E-state index in [4.69, 9.17) is 9.47 Å². The number of esters is 1. The molecule has 27 heavy (non-hydrogen) atoms. The summed E-state index contributed by atoms with van der Waals surface area (Å²) in [5.41, 5.74) is 0. The van der Waals surface area contributed by atoms with Crippen LogP contribution < -0.4 is 5.32 Å². The Labute approximate surface area is 165 Å². The summed E-state index contributed by atoms with van der Waals surface area (Å²) >= 11 is 0. The topological polar surface area (TPSA) is 108 Å². The van der Waals surface area contributed by atoms with Gasteiger partial charge in [0.2, 0.25) is 6.29 Å². The molecule has 0 aromatic rings. The number of hydrogen-bond donors (Lipinski definition) is 2. The molecule has 0 spiro atoms. The highest BCUT2D eigenvalue weighted by molar-refractivity contribution is 5.85. The number of likely N-dealkylation sites (tertiary alicyclic amines) is 1. The van der Waals surface area contributed by atoms with Gasteiger partial charge in [0, 0.05) is 25.9 Å². The monoisotopic (exact) mass is 407 g/mol. The van der Waals surface area contributed by atoms with Crippen molar-refractivity contribution >= 4 is 30.4 Å². The number of amides is 1. The van der Waals surface area contributed by atoms with Crippen LogP contribution in [0, 0.1) is 11.8 Å². The number of halogens is 1. The average Bonchev–Trinajstić information content (AvgIpc) is 3.06. The zero-order chi connectivity index (χ0) is 19.6. The Bertz CT molecular complexity index is 551. The van der Waals surface area contributed by atoms with E-state index in [1.54, 1.807) is 19.0 Å². The Kier molecular flexibility index (Phi) is 8.31. The van der Waals surface area contributed by atoms with Crippen molar-refractivity contribution in [2.24, 2.45) is 11.8 Å². The fourth-order valence-electron chi connectivity index (χ4n) is 3.97. The van der Waals surface area contributed by atoms with Crippen LogP contribution >= 0.6 is 12.4 Å². The van der Waals surface area contributed by atoms with Gasteiger partial charge < -0.3 is 24.8 Å². The second kappa shape index (κ2) is 9.57. The first-order valence-electron chi connectivity index (χ1n) is 8.93. The van der Waals surface area contributed by atoms with Crippen LogP contribution in [0.25, 0.3) is 0 Å². The molecule has 2 aliphatic heterocycles. The van der Waals surface area contributed by atoms with Gasteiger partial charge in [0.25, 0.3) is 0 Å². The van der Waals surface area contributed by atoms with Crippen LogP contribution in [0.4, 0.5) is 4.79 Å². The molecule has 1 amide bonds. The highest BCUT2D eigenvalue weighted by Gasteiger charge is 2.49. The number of nitrogens with one attached hydrogen (secondary N) is 1. The molecule has 10 heteroatoms. The van der Waals surface area contributed by atoms with Gasteiger partial charge >= 0.3 is 18.0 Å². The summed E-state index contributed by atoms with van der Waals surface area (Å²) < 4.78 is 10.5. The highest BCUT2D eigenvalue weighted by Crippen LogP contribution is 2.32. The lowest BCUT2D eigenvalue weighted by molar-refractivity contribution is -0.173. The van der Waals surface area contributed by atoms with E-state index in [1.807, 2.05) is 13.8 Å². The summed E-state index contributed by atoms with van der Waals surface area (Å²) in [7, 11) is 3.58. The lowest BCUT2D eigenvalue weighted by Crippen LogP contribution is -2.44. The van der Waals surface area contributed by atoms with Crippen LogP contribution in [0.1, 0.15) is 27.2 Å². The largest absolute Gasteiger partial charge is 0.480 e. The van der Waals surface area contributed by atoms with Gasteiger partial charge in [-0.05, 0) is 26.4 Å². The lowest BCUT2D eigenvalue weighted by Gasteiger charge is -2.28. The van der Waals surface area contributed by atoms with Gasteiger partial charge in [0.15, 0.2) is 0 Å². The fourth-order valence-corrected chi connectivity index (χ4v) is 3.97. The molecule has 5 atom stereocenters. The predicted molar refractivity (Wildman–Crippen MR) is 99.6 cm³/mol. The molecule has 0 saturated carbocycles. The Morgan fingerprint density at radius 2 is 1.81 bits per heavy atom. The first kappa shape index (κ1) is 23.5. The molecule has 9 nitrogen and oxygen atoms in total. The molecular formula is C17H30ClN3O6. The van der Waals surface area contributed by atoms with Gasteiger partial charge in [-0.25, -0.2) is 4.79 Å². The van der Waals surface area contributed by atoms with Gasteiger partial charge in [0.05, 0.1) is 6.04 Å². The van der Waals surface area contributed by atoms with E-state index >= 15 is 0 Å². The van der Waals surface area contributed by atoms with Crippen LogP contribution in [0.2, 0.25) is 0 Å². The molecule has 2 saturated heterocycles. The third-order valence-corrected chi connectivity index (χ3v) is 5.05. The minimum atomic E-state index is -1.01. The standard InChI is InChI=1S/C17H29N3O6.ClH/c1-9(2)14(19(4)5)16(23)25-10(3)26-17(24)20-7-6-11-12(20)8-18-13(11)15(21)22;/h9-14,18H,6-8H2,1-5H3,(H,21,22);1H/t10?,11?,12?,13?,14-;/m0./s1. The molecule has 0 bridgehead atoms. The summed E-state index contributed by atoms with van der Waals surface area (Å²) in [5.74, 6) is -1.43. The number of ether oxygens (including phenoxy) is 2. The van der Waals surface area contributed by atoms with Gasteiger partial charge in [-0.15, -0.1) is 12.4 Å². The summed E-state index contributed by atoms with van der Waals surface area (Å²) in [6, 6.07) is -1.28. The number of hydrogen-bond acceptors (Lipinski definition) is 7. The maximum atomic E-state index is 12.4. The van der Waals surface area contributed by atoms with Crippen LogP contribution in [0.15, 0.2) is 0 Å². The first-order valence-corrected chi connectivity index (χ1v) is 8.93. The van der Waals surface area contributed by atoms with Crippen molar-refractivity contribution in [3.63, 3.8) is 0 Å². The molecular weight excluding hydrogens is 378 g/mol. The van der Waals surface area contributed by atoms with Crippen molar-refractivity contribution in [1.82, 2.24) is 15.1 Å². The van der Waals surface area contributed by atoms with Crippen molar-refractivity contribution in [1.29, 1.82) is 0 Å². The molecule has 0 aromatic carbocycles. The van der Waals surface area contributed by atoms with Crippen molar-refractivity contribution in [3.05, 3.63) is 0 Å². The number of rotatable bonds is 6. The second-order valence-corrected chi connectivity index (χ2v) is 7.48. The molecule has 156 valence electrons. The van der Waals surface area contributed by atoms with E-state index < -0.39 is 36.4 Å². The Hall–Kier alpha value is -1.58. The van der Waals surface area contributed by atoms with Crippen LogP contribution in [0.5, 0.6) is 0 Å². The second-order valence-electron chi connectivity index (χ2n) is 7.48. The third-order valence-electron chi connectivity index (χ3n) is 5.05. The van der Waals surface area contributed by atoms with E-state index in [0.717, 1.165) is 0 Å². The van der Waals surface area contributed by atoms with Gasteiger partial charge in [-0.3, -0.25) is 14.5 Å². The lowest BCUT2D eigenvalue weighted by atomic mass is 9.97. The molecule has 2 rings (SSSR count). The molecule has 2 fully saturated rings. The molecule has 4 unspecified atom stereocenters. The third kappa shape index (κ3) is 5.24. The van der Waals surface area contributed by atoms with E-state index in [0.29, 0.717) is 19.5 Å². The molecule has 2 N–H and O–H groups in total. The van der Waals surface area contributed by atoms with Crippen LogP contribution in [-0.2, 0) is 19.1 Å². The molecule has 2 heterocycles. The van der Waals surface area contributed by atoms with E-state index in [2.05, 4.69) is 5.32 Å². The van der Waals surface area contributed by atoms with Gasteiger partial charge in [-0.2, -0.15) is 0 Å². The van der Waals surface area contributed by atoms with Crippen molar-refractivity contribution in [2.75, 3.05) is 27.2 Å². The van der Waals surface area contributed by atoms with E-state index in [9.17, 15) is 19.5 Å². The quantitative estimate of drug-likeness (QED) is 0.491. The SMILES string of the molecule is CC(OC(=O)[C@H](C(C)C)N(C)C)OC(=O)N1CCC2C(C(=O)O)NCC21.Cl. The summed E-state index contributed by atoms with van der Waals surface area (Å²) in [5, 5.41) is 12.1. The predicted octanol–water partition coefficient (Wildman–Crippen LogP) is 0.767. The van der Waals surface area contributed by atoms with Crippen LogP contribution in [0.3, 0.4) is 0 Å². The Morgan fingerprint density at radius 1 is 1.19 bits per heavy atom. The zero-order valence-corrected chi connectivity index (χ0v) is 17.2. The number of carbonyl (C=O) groups is 3. The van der Waals surface area contributed by atoms with Crippen molar-refractivity contribution in [2.45, 2.75) is 51.6 Å². The number of likely N-dealkylation sites (N-methyl/N-ethyl adjacent to an activating group) is 1. The number of carboxylic acid groups (broad SMARTS) is 1. The minimum absolute atomic E-state index is 0. The summed E-state index contributed by atoms with van der Waals surface area (Å²) in [6.07, 6.45) is -0.995. The number of carboxylic acids is 1. The molecule has 0 aromatic heterocycles. The normalized spacial score (nSPS) is 26.3. The Balaban J connectivity index is 0.00000364. The minimum Gasteiger partial charge on any atom is -0.480 e. The molecule has 0 aliphatic carbocycles. The first-order chi connectivity index (χ1) is 12.1. The number of fused-ring (bicyclic) bond motifs is 1. The van der Waals surface area contributed by atoms with E-state index in [1.165, 1.54) is 11.8 Å². The average molecular weight is 408 g/mol. The fraction of sp³-hybridized carbons (Fsp3) is 0.824. The molecule has 2 aliphatic rings. The maximum Gasteiger partial charge on any atom is 0.413 e. The van der Waals surface area contributed by atoms with E-state index in [-0.39, 0.29) is 30.3 Å². The summed E-state index contributed by atoms with van der Waals surface area (Å²) in [4.78, 5) is 39.2. The number of nitrogens with zero attached hydrogens (tertiary/aromatic N) is 2. The number of carbonyl (C=O) groups excluding carboxylic acids is 2. The smallest absolute Gasteiger partial charge is 0.413 e. The number of aliphatic carboxylic acids is 1. The van der Waals surface area contributed by atoms with Gasteiger partial charge in [-0.1, -0.05) is 13.8 Å². The maximum absolute atomic E-state index is 12.4. The van der Waals surface area contributed by atoms with Gasteiger partial charge in [0.1, 0.15) is 12.1 Å². The zero-order valence-electron chi connectivity index (χ0n) is 16.4.